The second-order valence-corrected chi connectivity index (χ2v) is 4.04. The van der Waals surface area contributed by atoms with Gasteiger partial charge in [-0.3, -0.25) is 9.59 Å². The Morgan fingerprint density at radius 3 is 2.56 bits per heavy atom. The van der Waals surface area contributed by atoms with E-state index in [9.17, 15) is 9.59 Å². The van der Waals surface area contributed by atoms with Crippen molar-refractivity contribution in [2.45, 2.75) is 6.42 Å². The molecule has 0 saturated carbocycles. The predicted octanol–water partition coefficient (Wildman–Crippen LogP) is 1.06. The highest BCUT2D eigenvalue weighted by Gasteiger charge is 2.30. The summed E-state index contributed by atoms with van der Waals surface area (Å²) in [5.41, 5.74) is 1.81. The Kier molecular flexibility index (Phi) is 2.64. The number of hydrogen-bond acceptors (Lipinski definition) is 3. The molecule has 0 spiro atoms. The molecule has 1 heterocycles. The smallest absolute Gasteiger partial charge is 0.294 e. The zero-order chi connectivity index (χ0) is 11.7. The third-order valence-corrected chi connectivity index (χ3v) is 2.70. The maximum Gasteiger partial charge on any atom is 0.294 e. The van der Waals surface area contributed by atoms with Crippen molar-refractivity contribution in [1.82, 2.24) is 0 Å². The van der Waals surface area contributed by atoms with Crippen LogP contribution in [0.2, 0.25) is 0 Å². The lowest BCUT2D eigenvalue weighted by Gasteiger charge is -2.18. The molecule has 1 saturated heterocycles. The van der Waals surface area contributed by atoms with Gasteiger partial charge >= 0.3 is 0 Å². The van der Waals surface area contributed by atoms with Crippen LogP contribution in [0.1, 0.15) is 6.42 Å². The fraction of sp³-hybridized carbons (Fsp3) is 0.333. The third kappa shape index (κ3) is 1.78. The van der Waals surface area contributed by atoms with Gasteiger partial charge in [0.15, 0.2) is 0 Å². The van der Waals surface area contributed by atoms with Gasteiger partial charge in [0.25, 0.3) is 5.91 Å². The number of carbonyl (C=O) groups is 2. The molecular weight excluding hydrogens is 204 g/mol. The van der Waals surface area contributed by atoms with Crippen molar-refractivity contribution in [3.05, 3.63) is 24.3 Å². The topological polar surface area (TPSA) is 40.6 Å². The van der Waals surface area contributed by atoms with Gasteiger partial charge in [-0.2, -0.15) is 0 Å². The molecule has 4 heteroatoms. The molecule has 1 amide bonds. The van der Waals surface area contributed by atoms with Gasteiger partial charge < -0.3 is 9.80 Å². The fourth-order valence-electron chi connectivity index (χ4n) is 1.76. The Labute approximate surface area is 94.5 Å². The number of amides is 1. The number of benzene rings is 1. The molecule has 1 fully saturated rings. The molecule has 0 aliphatic carbocycles. The SMILES string of the molecule is CN(C)c1cccc(N2CCC(=O)C2=O)c1. The highest BCUT2D eigenvalue weighted by molar-refractivity contribution is 6.43. The lowest BCUT2D eigenvalue weighted by molar-refractivity contribution is -0.133. The summed E-state index contributed by atoms with van der Waals surface area (Å²) in [6.45, 7) is 0.495. The van der Waals surface area contributed by atoms with Crippen LogP contribution in [0.3, 0.4) is 0 Å². The standard InChI is InChI=1S/C12H14N2O2/c1-13(2)9-4-3-5-10(8-9)14-7-6-11(15)12(14)16/h3-5,8H,6-7H2,1-2H3. The van der Waals surface area contributed by atoms with Crippen molar-refractivity contribution >= 4 is 23.1 Å². The van der Waals surface area contributed by atoms with Crippen LogP contribution in [0.5, 0.6) is 0 Å². The van der Waals surface area contributed by atoms with E-state index >= 15 is 0 Å². The molecule has 1 aliphatic heterocycles. The lowest BCUT2D eigenvalue weighted by atomic mass is 10.2. The highest BCUT2D eigenvalue weighted by Crippen LogP contribution is 2.24. The molecule has 0 aromatic heterocycles. The zero-order valence-electron chi connectivity index (χ0n) is 9.43. The van der Waals surface area contributed by atoms with E-state index in [1.54, 1.807) is 0 Å². The quantitative estimate of drug-likeness (QED) is 0.697. The molecule has 0 unspecified atom stereocenters. The number of carbonyl (C=O) groups excluding carboxylic acids is 2. The van der Waals surface area contributed by atoms with Crippen LogP contribution in [0, 0.1) is 0 Å². The van der Waals surface area contributed by atoms with Crippen LogP contribution in [-0.2, 0) is 9.59 Å². The monoisotopic (exact) mass is 218 g/mol. The van der Waals surface area contributed by atoms with E-state index in [0.717, 1.165) is 11.4 Å². The summed E-state index contributed by atoms with van der Waals surface area (Å²) in [6.07, 6.45) is 0.324. The van der Waals surface area contributed by atoms with Gasteiger partial charge in [0.1, 0.15) is 0 Å². The van der Waals surface area contributed by atoms with E-state index in [1.807, 2.05) is 43.3 Å². The highest BCUT2D eigenvalue weighted by atomic mass is 16.2. The second kappa shape index (κ2) is 3.96. The van der Waals surface area contributed by atoms with E-state index < -0.39 is 5.91 Å². The molecule has 1 aromatic carbocycles. The van der Waals surface area contributed by atoms with Gasteiger partial charge in [0, 0.05) is 38.4 Å². The van der Waals surface area contributed by atoms with Crippen LogP contribution < -0.4 is 9.80 Å². The molecule has 0 radical (unpaired) electrons. The number of Topliss-reactive ketones (excluding diaryl/α,β-unsaturated/α-hetero) is 1. The molecule has 4 nitrogen and oxygen atoms in total. The first-order valence-electron chi connectivity index (χ1n) is 5.21. The summed E-state index contributed by atoms with van der Waals surface area (Å²) < 4.78 is 0. The second-order valence-electron chi connectivity index (χ2n) is 4.04. The summed E-state index contributed by atoms with van der Waals surface area (Å²) >= 11 is 0. The summed E-state index contributed by atoms with van der Waals surface area (Å²) in [5, 5.41) is 0. The van der Waals surface area contributed by atoms with Crippen LogP contribution in [-0.4, -0.2) is 32.3 Å². The minimum absolute atomic E-state index is 0.296. The van der Waals surface area contributed by atoms with Crippen LogP contribution >= 0.6 is 0 Å². The normalized spacial score (nSPS) is 15.8. The van der Waals surface area contributed by atoms with Crippen molar-refractivity contribution in [3.8, 4) is 0 Å². The number of nitrogens with zero attached hydrogens (tertiary/aromatic N) is 2. The maximum absolute atomic E-state index is 11.5. The van der Waals surface area contributed by atoms with Crippen LogP contribution in [0.25, 0.3) is 0 Å². The van der Waals surface area contributed by atoms with Crippen molar-refractivity contribution < 1.29 is 9.59 Å². The molecule has 0 atom stereocenters. The Hall–Kier alpha value is -1.84. The minimum atomic E-state index is -0.393. The van der Waals surface area contributed by atoms with E-state index in [4.69, 9.17) is 0 Å². The van der Waals surface area contributed by atoms with Crippen molar-refractivity contribution in [2.24, 2.45) is 0 Å². The molecule has 2 rings (SSSR count). The van der Waals surface area contributed by atoms with E-state index in [2.05, 4.69) is 0 Å². The molecule has 0 bridgehead atoms. The summed E-state index contributed by atoms with van der Waals surface area (Å²) in [7, 11) is 3.88. The molecule has 0 N–H and O–H groups in total. The van der Waals surface area contributed by atoms with Gasteiger partial charge in [-0.25, -0.2) is 0 Å². The van der Waals surface area contributed by atoms with Crippen molar-refractivity contribution in [1.29, 1.82) is 0 Å². The first-order chi connectivity index (χ1) is 7.59. The van der Waals surface area contributed by atoms with Gasteiger partial charge in [0.2, 0.25) is 5.78 Å². The molecular formula is C12H14N2O2. The van der Waals surface area contributed by atoms with Gasteiger partial charge in [-0.1, -0.05) is 6.07 Å². The Bertz CT molecular complexity index is 440. The first kappa shape index (κ1) is 10.7. The number of anilines is 2. The number of rotatable bonds is 2. The Balaban J connectivity index is 2.31. The average molecular weight is 218 g/mol. The summed E-state index contributed by atoms with van der Waals surface area (Å²) in [4.78, 5) is 26.2. The van der Waals surface area contributed by atoms with Gasteiger partial charge in [0.05, 0.1) is 0 Å². The molecule has 1 aromatic rings. The predicted molar refractivity (Wildman–Crippen MR) is 62.7 cm³/mol. The zero-order valence-corrected chi connectivity index (χ0v) is 9.43. The van der Waals surface area contributed by atoms with Crippen molar-refractivity contribution in [3.63, 3.8) is 0 Å². The summed E-state index contributed by atoms with van der Waals surface area (Å²) in [5.74, 6) is -0.689. The van der Waals surface area contributed by atoms with Crippen LogP contribution in [0.4, 0.5) is 11.4 Å². The van der Waals surface area contributed by atoms with E-state index in [-0.39, 0.29) is 5.78 Å². The fourth-order valence-corrected chi connectivity index (χ4v) is 1.76. The van der Waals surface area contributed by atoms with Crippen molar-refractivity contribution in [2.75, 3.05) is 30.4 Å². The Morgan fingerprint density at radius 2 is 2.00 bits per heavy atom. The molecule has 84 valence electrons. The van der Waals surface area contributed by atoms with Gasteiger partial charge in [-0.15, -0.1) is 0 Å². The van der Waals surface area contributed by atoms with Gasteiger partial charge in [-0.05, 0) is 18.2 Å². The van der Waals surface area contributed by atoms with E-state index in [1.165, 1.54) is 4.90 Å². The minimum Gasteiger partial charge on any atom is -0.378 e. The first-order valence-corrected chi connectivity index (χ1v) is 5.21. The molecule has 16 heavy (non-hydrogen) atoms. The number of ketones is 1. The van der Waals surface area contributed by atoms with Crippen LogP contribution in [0.15, 0.2) is 24.3 Å². The summed E-state index contributed by atoms with van der Waals surface area (Å²) in [6, 6.07) is 7.62. The molecule has 1 aliphatic rings. The average Bonchev–Trinajstić information content (AvgIpc) is 2.60. The maximum atomic E-state index is 11.5. The third-order valence-electron chi connectivity index (χ3n) is 2.70. The largest absolute Gasteiger partial charge is 0.378 e. The lowest BCUT2D eigenvalue weighted by Crippen LogP contribution is -2.27. The number of hydrogen-bond donors (Lipinski definition) is 0. The Morgan fingerprint density at radius 1 is 1.25 bits per heavy atom. The van der Waals surface area contributed by atoms with E-state index in [0.29, 0.717) is 13.0 Å².